The Kier molecular flexibility index (Phi) is 9.29. The van der Waals surface area contributed by atoms with Crippen LogP contribution in [0.5, 0.6) is 0 Å². The molecule has 186 valence electrons. The topological polar surface area (TPSA) is 69.7 Å². The molecule has 0 aromatic heterocycles. The van der Waals surface area contributed by atoms with E-state index in [4.69, 9.17) is 0 Å². The van der Waals surface area contributed by atoms with Crippen molar-refractivity contribution in [3.05, 3.63) is 64.7 Å². The quantitative estimate of drug-likeness (QED) is 0.367. The average Bonchev–Trinajstić information content (AvgIpc) is 3.24. The number of thioether (sulfide) groups is 2. The lowest BCUT2D eigenvalue weighted by atomic mass is 10.1. The van der Waals surface area contributed by atoms with Crippen LogP contribution in [0.4, 0.5) is 0 Å². The minimum Gasteiger partial charge on any atom is -0.359 e. The molecule has 8 heteroatoms. The standard InChI is InChI=1S/C27H33N3O3S2/c1-28-26(32)10-9-22(18-31)30-17-24-23(27(30)33)3-2-4-25(24)35-19-21-7-5-20(6-8-21)11-12-29-13-15-34-16-14-29/h2-8,18,22H,9-17,19H2,1H3,(H,28,32). The first-order chi connectivity index (χ1) is 17.1. The molecule has 2 aromatic carbocycles. The Balaban J connectivity index is 1.34. The summed E-state index contributed by atoms with van der Waals surface area (Å²) in [5, 5.41) is 2.57. The molecule has 35 heavy (non-hydrogen) atoms. The molecule has 4 rings (SSSR count). The van der Waals surface area contributed by atoms with E-state index >= 15 is 0 Å². The summed E-state index contributed by atoms with van der Waals surface area (Å²) in [5.74, 6) is 3.05. The molecule has 6 nitrogen and oxygen atoms in total. The Morgan fingerprint density at radius 3 is 2.60 bits per heavy atom. The number of benzene rings is 2. The molecule has 2 heterocycles. The molecule has 1 saturated heterocycles. The zero-order valence-corrected chi connectivity index (χ0v) is 21.8. The number of aldehydes is 1. The summed E-state index contributed by atoms with van der Waals surface area (Å²) in [4.78, 5) is 41.6. The maximum atomic E-state index is 13.0. The number of rotatable bonds is 11. The van der Waals surface area contributed by atoms with Gasteiger partial charge in [-0.25, -0.2) is 0 Å². The van der Waals surface area contributed by atoms with Gasteiger partial charge in [0, 0.05) is 67.4 Å². The highest BCUT2D eigenvalue weighted by atomic mass is 32.2. The Morgan fingerprint density at radius 1 is 1.14 bits per heavy atom. The van der Waals surface area contributed by atoms with Crippen molar-refractivity contribution < 1.29 is 14.4 Å². The third kappa shape index (κ3) is 6.68. The molecule has 0 aliphatic carbocycles. The monoisotopic (exact) mass is 511 g/mol. The summed E-state index contributed by atoms with van der Waals surface area (Å²) in [6.07, 6.45) is 2.41. The van der Waals surface area contributed by atoms with Crippen molar-refractivity contribution in [2.24, 2.45) is 0 Å². The molecule has 2 amide bonds. The lowest BCUT2D eigenvalue weighted by Crippen LogP contribution is -2.37. The molecule has 1 N–H and O–H groups in total. The summed E-state index contributed by atoms with van der Waals surface area (Å²) in [5.41, 5.74) is 4.26. The van der Waals surface area contributed by atoms with Crippen molar-refractivity contribution in [1.82, 2.24) is 15.1 Å². The number of hydrogen-bond donors (Lipinski definition) is 1. The number of nitrogens with one attached hydrogen (secondary N) is 1. The Labute approximate surface area is 216 Å². The normalized spacial score (nSPS) is 16.7. The molecule has 2 aliphatic heterocycles. The molecule has 2 aliphatic rings. The van der Waals surface area contributed by atoms with Crippen molar-refractivity contribution in [3.8, 4) is 0 Å². The molecule has 1 atom stereocenters. The van der Waals surface area contributed by atoms with Crippen LogP contribution in [-0.2, 0) is 28.3 Å². The van der Waals surface area contributed by atoms with Crippen molar-refractivity contribution in [2.45, 2.75) is 42.5 Å². The summed E-state index contributed by atoms with van der Waals surface area (Å²) in [6, 6.07) is 14.1. The minimum absolute atomic E-state index is 0.131. The van der Waals surface area contributed by atoms with Crippen LogP contribution < -0.4 is 5.32 Å². The largest absolute Gasteiger partial charge is 0.359 e. The number of nitrogens with zero attached hydrogens (tertiary/aromatic N) is 2. The fourth-order valence-electron chi connectivity index (χ4n) is 4.51. The van der Waals surface area contributed by atoms with Gasteiger partial charge in [0.2, 0.25) is 5.91 Å². The van der Waals surface area contributed by atoms with E-state index in [2.05, 4.69) is 34.5 Å². The van der Waals surface area contributed by atoms with E-state index in [-0.39, 0.29) is 18.2 Å². The van der Waals surface area contributed by atoms with Gasteiger partial charge in [0.05, 0.1) is 6.04 Å². The Morgan fingerprint density at radius 2 is 1.89 bits per heavy atom. The van der Waals surface area contributed by atoms with Gasteiger partial charge in [0.1, 0.15) is 6.29 Å². The highest BCUT2D eigenvalue weighted by Gasteiger charge is 2.34. The van der Waals surface area contributed by atoms with Crippen molar-refractivity contribution >= 4 is 41.6 Å². The number of hydrogen-bond acceptors (Lipinski definition) is 6. The molecule has 1 fully saturated rings. The van der Waals surface area contributed by atoms with E-state index < -0.39 is 6.04 Å². The molecule has 0 saturated carbocycles. The minimum atomic E-state index is -0.596. The molecule has 0 radical (unpaired) electrons. The SMILES string of the molecule is CNC(=O)CCC(C=O)N1Cc2c(SCc3ccc(CCN4CCSCC4)cc3)cccc2C1=O. The highest BCUT2D eigenvalue weighted by molar-refractivity contribution is 7.99. The Bertz CT molecular complexity index is 1040. The predicted octanol–water partition coefficient (Wildman–Crippen LogP) is 3.62. The zero-order chi connectivity index (χ0) is 24.6. The van der Waals surface area contributed by atoms with Gasteiger partial charge in [-0.2, -0.15) is 11.8 Å². The zero-order valence-electron chi connectivity index (χ0n) is 20.2. The first-order valence-corrected chi connectivity index (χ1v) is 14.3. The second-order valence-electron chi connectivity index (χ2n) is 8.94. The maximum absolute atomic E-state index is 13.0. The number of amides is 2. The van der Waals surface area contributed by atoms with Gasteiger partial charge < -0.3 is 19.9 Å². The summed E-state index contributed by atoms with van der Waals surface area (Å²) >= 11 is 3.77. The van der Waals surface area contributed by atoms with E-state index in [9.17, 15) is 14.4 Å². The van der Waals surface area contributed by atoms with Crippen LogP contribution in [0.15, 0.2) is 47.4 Å². The van der Waals surface area contributed by atoms with Gasteiger partial charge in [-0.1, -0.05) is 30.3 Å². The van der Waals surface area contributed by atoms with Crippen molar-refractivity contribution in [2.75, 3.05) is 38.2 Å². The highest BCUT2D eigenvalue weighted by Crippen LogP contribution is 2.35. The van der Waals surface area contributed by atoms with Gasteiger partial charge in [0.15, 0.2) is 0 Å². The van der Waals surface area contributed by atoms with Gasteiger partial charge in [-0.05, 0) is 41.7 Å². The fourth-order valence-corrected chi connectivity index (χ4v) is 6.52. The van der Waals surface area contributed by atoms with Crippen molar-refractivity contribution in [3.63, 3.8) is 0 Å². The summed E-state index contributed by atoms with van der Waals surface area (Å²) in [6.45, 7) is 3.92. The number of carbonyl (C=O) groups excluding carboxylic acids is 3. The summed E-state index contributed by atoms with van der Waals surface area (Å²) in [7, 11) is 1.57. The number of carbonyl (C=O) groups is 3. The average molecular weight is 512 g/mol. The number of fused-ring (bicyclic) bond motifs is 1. The summed E-state index contributed by atoms with van der Waals surface area (Å²) < 4.78 is 0. The molecule has 2 aromatic rings. The van der Waals surface area contributed by atoms with Gasteiger partial charge in [-0.3, -0.25) is 9.59 Å². The second kappa shape index (κ2) is 12.6. The maximum Gasteiger partial charge on any atom is 0.255 e. The van der Waals surface area contributed by atoms with Gasteiger partial charge >= 0.3 is 0 Å². The second-order valence-corrected chi connectivity index (χ2v) is 11.2. The van der Waals surface area contributed by atoms with E-state index in [1.165, 1.54) is 35.7 Å². The van der Waals surface area contributed by atoms with E-state index in [1.54, 1.807) is 23.7 Å². The van der Waals surface area contributed by atoms with Crippen LogP contribution in [0.2, 0.25) is 0 Å². The molecule has 0 spiro atoms. The molecular formula is C27H33N3O3S2. The van der Waals surface area contributed by atoms with Gasteiger partial charge in [-0.15, -0.1) is 11.8 Å². The molecule has 0 bridgehead atoms. The predicted molar refractivity (Wildman–Crippen MR) is 143 cm³/mol. The fraction of sp³-hybridized carbons (Fsp3) is 0.444. The van der Waals surface area contributed by atoms with E-state index in [0.717, 1.165) is 35.5 Å². The lowest BCUT2D eigenvalue weighted by molar-refractivity contribution is -0.121. The van der Waals surface area contributed by atoms with E-state index in [1.807, 2.05) is 30.0 Å². The first kappa shape index (κ1) is 25.8. The van der Waals surface area contributed by atoms with Crippen LogP contribution in [0, 0.1) is 0 Å². The molecular weight excluding hydrogens is 478 g/mol. The lowest BCUT2D eigenvalue weighted by Gasteiger charge is -2.26. The Hall–Kier alpha value is -2.29. The van der Waals surface area contributed by atoms with Crippen LogP contribution >= 0.6 is 23.5 Å². The first-order valence-electron chi connectivity index (χ1n) is 12.2. The van der Waals surface area contributed by atoms with Gasteiger partial charge in [0.25, 0.3) is 5.91 Å². The smallest absolute Gasteiger partial charge is 0.255 e. The van der Waals surface area contributed by atoms with Crippen molar-refractivity contribution in [1.29, 1.82) is 0 Å². The van der Waals surface area contributed by atoms with Crippen LogP contribution in [0.3, 0.4) is 0 Å². The molecule has 1 unspecified atom stereocenters. The van der Waals surface area contributed by atoms with E-state index in [0.29, 0.717) is 18.5 Å². The van der Waals surface area contributed by atoms with Crippen LogP contribution in [-0.4, -0.2) is 72.1 Å². The van der Waals surface area contributed by atoms with Crippen LogP contribution in [0.25, 0.3) is 0 Å². The third-order valence-electron chi connectivity index (χ3n) is 6.69. The van der Waals surface area contributed by atoms with Crippen LogP contribution in [0.1, 0.15) is 39.9 Å². The third-order valence-corrected chi connectivity index (χ3v) is 8.81.